The van der Waals surface area contributed by atoms with Crippen molar-refractivity contribution < 1.29 is 9.53 Å². The molecule has 1 fully saturated rings. The Morgan fingerprint density at radius 2 is 2.18 bits per heavy atom. The van der Waals surface area contributed by atoms with Gasteiger partial charge in [-0.2, -0.15) is 0 Å². The molecule has 2 aromatic rings. The number of carbonyl (C=O) groups is 1. The summed E-state index contributed by atoms with van der Waals surface area (Å²) in [6.45, 7) is 4.52. The van der Waals surface area contributed by atoms with Crippen molar-refractivity contribution in [1.82, 2.24) is 30.0 Å². The predicted molar refractivity (Wildman–Crippen MR) is 106 cm³/mol. The molecular formula is C20H30N6O2. The second-order valence-electron chi connectivity index (χ2n) is 7.47. The smallest absolute Gasteiger partial charge is 0.224 e. The minimum atomic E-state index is 0.140. The average molecular weight is 387 g/mol. The molecule has 152 valence electrons. The van der Waals surface area contributed by atoms with Gasteiger partial charge in [-0.05, 0) is 53.8 Å². The molecule has 8 nitrogen and oxygen atoms in total. The first kappa shape index (κ1) is 20.3. The van der Waals surface area contributed by atoms with Crippen LogP contribution >= 0.6 is 0 Å². The average Bonchev–Trinajstić information content (AvgIpc) is 3.24. The van der Waals surface area contributed by atoms with E-state index in [1.165, 1.54) is 24.7 Å². The SMILES string of the molecule is COc1ccccc1CCN1CCC[C@@H](CN(C)C(=O)CCn2cnnn2)C1. The molecule has 0 N–H and O–H groups in total. The molecule has 1 aromatic heterocycles. The topological polar surface area (TPSA) is 76.4 Å². The van der Waals surface area contributed by atoms with Gasteiger partial charge >= 0.3 is 0 Å². The first-order valence-corrected chi connectivity index (χ1v) is 9.94. The van der Waals surface area contributed by atoms with Gasteiger partial charge in [-0.1, -0.05) is 18.2 Å². The molecule has 8 heteroatoms. The molecule has 0 bridgehead atoms. The summed E-state index contributed by atoms with van der Waals surface area (Å²) in [6, 6.07) is 8.22. The molecule has 3 rings (SSSR count). The maximum Gasteiger partial charge on any atom is 0.224 e. The molecule has 1 aromatic carbocycles. The Morgan fingerprint density at radius 1 is 1.32 bits per heavy atom. The maximum absolute atomic E-state index is 12.4. The van der Waals surface area contributed by atoms with Crippen molar-refractivity contribution in [3.05, 3.63) is 36.2 Å². The highest BCUT2D eigenvalue weighted by atomic mass is 16.5. The Labute approximate surface area is 166 Å². The van der Waals surface area contributed by atoms with Crippen LogP contribution in [0.5, 0.6) is 5.75 Å². The van der Waals surface area contributed by atoms with Crippen LogP contribution in [-0.2, 0) is 17.8 Å². The van der Waals surface area contributed by atoms with E-state index >= 15 is 0 Å². The third kappa shape index (κ3) is 5.76. The molecule has 1 aliphatic rings. The molecule has 1 aliphatic heterocycles. The number of nitrogens with zero attached hydrogens (tertiary/aromatic N) is 6. The van der Waals surface area contributed by atoms with E-state index < -0.39 is 0 Å². The summed E-state index contributed by atoms with van der Waals surface area (Å²) in [6.07, 6.45) is 5.30. The summed E-state index contributed by atoms with van der Waals surface area (Å²) < 4.78 is 7.05. The first-order chi connectivity index (χ1) is 13.7. The quantitative estimate of drug-likeness (QED) is 0.650. The zero-order valence-electron chi connectivity index (χ0n) is 16.8. The Kier molecular flexibility index (Phi) is 7.36. The first-order valence-electron chi connectivity index (χ1n) is 9.94. The monoisotopic (exact) mass is 386 g/mol. The largest absolute Gasteiger partial charge is 0.496 e. The van der Waals surface area contributed by atoms with Crippen LogP contribution < -0.4 is 4.74 Å². The number of rotatable bonds is 9. The van der Waals surface area contributed by atoms with Crippen molar-refractivity contribution in [2.24, 2.45) is 5.92 Å². The summed E-state index contributed by atoms with van der Waals surface area (Å²) in [5.74, 6) is 1.62. The molecule has 0 unspecified atom stereocenters. The molecule has 28 heavy (non-hydrogen) atoms. The van der Waals surface area contributed by atoms with Gasteiger partial charge in [-0.15, -0.1) is 5.10 Å². The standard InChI is InChI=1S/C20H30N6O2/c1-24(20(27)10-13-26-16-21-22-23-26)14-17-6-5-11-25(15-17)12-9-18-7-3-4-8-19(18)28-2/h3-4,7-8,16-17H,5-6,9-15H2,1-2H3/t17-/m0/s1. The van der Waals surface area contributed by atoms with Crippen LogP contribution in [0.15, 0.2) is 30.6 Å². The fourth-order valence-corrected chi connectivity index (χ4v) is 3.86. The fourth-order valence-electron chi connectivity index (χ4n) is 3.86. The normalized spacial score (nSPS) is 17.4. The number of para-hydroxylation sites is 1. The van der Waals surface area contributed by atoms with E-state index in [4.69, 9.17) is 4.74 Å². The number of aryl methyl sites for hydroxylation is 1. The van der Waals surface area contributed by atoms with E-state index in [9.17, 15) is 4.79 Å². The summed E-state index contributed by atoms with van der Waals surface area (Å²) in [7, 11) is 3.62. The van der Waals surface area contributed by atoms with E-state index in [0.717, 1.165) is 38.3 Å². The molecule has 1 amide bonds. The lowest BCUT2D eigenvalue weighted by Crippen LogP contribution is -2.42. The molecule has 2 heterocycles. The Morgan fingerprint density at radius 3 is 2.96 bits per heavy atom. The van der Waals surface area contributed by atoms with Gasteiger partial charge in [0, 0.05) is 33.1 Å². The molecule has 0 aliphatic carbocycles. The third-order valence-corrected chi connectivity index (χ3v) is 5.40. The van der Waals surface area contributed by atoms with Crippen LogP contribution in [-0.4, -0.2) is 76.3 Å². The molecule has 1 atom stereocenters. The van der Waals surface area contributed by atoms with Crippen molar-refractivity contribution in [2.75, 3.05) is 40.3 Å². The number of methoxy groups -OCH3 is 1. The lowest BCUT2D eigenvalue weighted by atomic mass is 9.97. The van der Waals surface area contributed by atoms with Gasteiger partial charge in [-0.25, -0.2) is 4.68 Å². The number of aromatic nitrogens is 4. The minimum Gasteiger partial charge on any atom is -0.496 e. The number of hydrogen-bond acceptors (Lipinski definition) is 6. The van der Waals surface area contributed by atoms with Crippen molar-refractivity contribution in [3.63, 3.8) is 0 Å². The number of hydrogen-bond donors (Lipinski definition) is 0. The zero-order chi connectivity index (χ0) is 19.8. The van der Waals surface area contributed by atoms with Crippen LogP contribution in [0.1, 0.15) is 24.8 Å². The molecule has 0 spiro atoms. The lowest BCUT2D eigenvalue weighted by molar-refractivity contribution is -0.131. The van der Waals surface area contributed by atoms with E-state index in [1.54, 1.807) is 11.8 Å². The number of piperidine rings is 1. The van der Waals surface area contributed by atoms with Gasteiger partial charge in [0.25, 0.3) is 0 Å². The van der Waals surface area contributed by atoms with Crippen LogP contribution in [0.25, 0.3) is 0 Å². The van der Waals surface area contributed by atoms with E-state index in [1.807, 2.05) is 24.1 Å². The number of carbonyl (C=O) groups excluding carboxylic acids is 1. The molecule has 1 saturated heterocycles. The van der Waals surface area contributed by atoms with E-state index in [2.05, 4.69) is 32.6 Å². The summed E-state index contributed by atoms with van der Waals surface area (Å²) in [5, 5.41) is 11.0. The van der Waals surface area contributed by atoms with Crippen LogP contribution in [0, 0.1) is 5.92 Å². The minimum absolute atomic E-state index is 0.140. The summed E-state index contributed by atoms with van der Waals surface area (Å²) in [5.41, 5.74) is 1.25. The molecule has 0 radical (unpaired) electrons. The maximum atomic E-state index is 12.4. The Bertz CT molecular complexity index is 736. The highest BCUT2D eigenvalue weighted by Gasteiger charge is 2.22. The van der Waals surface area contributed by atoms with E-state index in [0.29, 0.717) is 18.9 Å². The van der Waals surface area contributed by atoms with Gasteiger partial charge < -0.3 is 14.5 Å². The lowest BCUT2D eigenvalue weighted by Gasteiger charge is -2.34. The van der Waals surface area contributed by atoms with Crippen molar-refractivity contribution in [2.45, 2.75) is 32.2 Å². The summed E-state index contributed by atoms with van der Waals surface area (Å²) in [4.78, 5) is 16.8. The molecule has 0 saturated carbocycles. The Hall–Kier alpha value is -2.48. The van der Waals surface area contributed by atoms with Gasteiger partial charge in [0.15, 0.2) is 0 Å². The fraction of sp³-hybridized carbons (Fsp3) is 0.600. The van der Waals surface area contributed by atoms with Crippen molar-refractivity contribution >= 4 is 5.91 Å². The highest BCUT2D eigenvalue weighted by molar-refractivity contribution is 5.75. The summed E-state index contributed by atoms with van der Waals surface area (Å²) >= 11 is 0. The number of tetrazole rings is 1. The second-order valence-corrected chi connectivity index (χ2v) is 7.47. The van der Waals surface area contributed by atoms with Crippen molar-refractivity contribution in [3.8, 4) is 5.75 Å². The number of amides is 1. The van der Waals surface area contributed by atoms with Gasteiger partial charge in [-0.3, -0.25) is 4.79 Å². The van der Waals surface area contributed by atoms with Gasteiger partial charge in [0.2, 0.25) is 5.91 Å². The zero-order valence-corrected chi connectivity index (χ0v) is 16.8. The second kappa shape index (κ2) is 10.2. The van der Waals surface area contributed by atoms with Gasteiger partial charge in [0.1, 0.15) is 12.1 Å². The molecular weight excluding hydrogens is 356 g/mol. The van der Waals surface area contributed by atoms with Crippen molar-refractivity contribution in [1.29, 1.82) is 0 Å². The van der Waals surface area contributed by atoms with E-state index in [-0.39, 0.29) is 5.91 Å². The number of ether oxygens (including phenoxy) is 1. The highest BCUT2D eigenvalue weighted by Crippen LogP contribution is 2.21. The predicted octanol–water partition coefficient (Wildman–Crippen LogP) is 1.48. The number of likely N-dealkylation sites (tertiary alicyclic amines) is 1. The van der Waals surface area contributed by atoms with Crippen LogP contribution in [0.2, 0.25) is 0 Å². The van der Waals surface area contributed by atoms with Crippen LogP contribution in [0.4, 0.5) is 0 Å². The number of benzene rings is 1. The van der Waals surface area contributed by atoms with Crippen LogP contribution in [0.3, 0.4) is 0 Å². The third-order valence-electron chi connectivity index (χ3n) is 5.40. The van der Waals surface area contributed by atoms with Gasteiger partial charge in [0.05, 0.1) is 13.7 Å². The Balaban J connectivity index is 1.43.